The first-order valence-corrected chi connectivity index (χ1v) is 12.6. The van der Waals surface area contributed by atoms with E-state index in [0.29, 0.717) is 35.5 Å². The van der Waals surface area contributed by atoms with Crippen LogP contribution in [-0.2, 0) is 15.8 Å². The van der Waals surface area contributed by atoms with Gasteiger partial charge in [-0.05, 0) is 44.0 Å². The van der Waals surface area contributed by atoms with Crippen molar-refractivity contribution in [1.29, 1.82) is 0 Å². The normalized spacial score (nSPS) is 15.2. The molecule has 0 spiro atoms. The highest BCUT2D eigenvalue weighted by Crippen LogP contribution is 2.31. The van der Waals surface area contributed by atoms with Gasteiger partial charge < -0.3 is 9.15 Å². The van der Waals surface area contributed by atoms with E-state index in [9.17, 15) is 8.42 Å². The number of ether oxygens (including phenoxy) is 1. The Balaban J connectivity index is 1.51. The van der Waals surface area contributed by atoms with E-state index >= 15 is 0 Å². The topological polar surface area (TPSA) is 85.5 Å². The summed E-state index contributed by atoms with van der Waals surface area (Å²) in [5, 5.41) is 8.65. The van der Waals surface area contributed by atoms with Gasteiger partial charge >= 0.3 is 0 Å². The molecule has 7 nitrogen and oxygen atoms in total. The second-order valence-corrected chi connectivity index (χ2v) is 10.3. The predicted octanol–water partition coefficient (Wildman–Crippen LogP) is 4.52. The SMILES string of the molecule is COc1ccc(C)cc1CSc1nnc(-c2cccc(S(=O)(=O)N3CCCCC3)c2)o1. The summed E-state index contributed by atoms with van der Waals surface area (Å²) < 4.78 is 38.7. The van der Waals surface area contributed by atoms with E-state index in [2.05, 4.69) is 16.3 Å². The monoisotopic (exact) mass is 459 g/mol. The van der Waals surface area contributed by atoms with Crippen molar-refractivity contribution in [1.82, 2.24) is 14.5 Å². The van der Waals surface area contributed by atoms with Gasteiger partial charge in [0.05, 0.1) is 12.0 Å². The van der Waals surface area contributed by atoms with Gasteiger partial charge in [0.15, 0.2) is 0 Å². The zero-order chi connectivity index (χ0) is 21.8. The largest absolute Gasteiger partial charge is 0.496 e. The van der Waals surface area contributed by atoms with Gasteiger partial charge in [0, 0.05) is 30.0 Å². The molecular formula is C22H25N3O4S2. The first-order chi connectivity index (χ1) is 15.0. The lowest BCUT2D eigenvalue weighted by Crippen LogP contribution is -2.35. The first-order valence-electron chi connectivity index (χ1n) is 10.2. The molecule has 0 unspecified atom stereocenters. The molecule has 9 heteroatoms. The van der Waals surface area contributed by atoms with Crippen molar-refractivity contribution < 1.29 is 17.6 Å². The highest BCUT2D eigenvalue weighted by atomic mass is 32.2. The number of aromatic nitrogens is 2. The molecule has 164 valence electrons. The van der Waals surface area contributed by atoms with Gasteiger partial charge in [0.25, 0.3) is 5.22 Å². The van der Waals surface area contributed by atoms with Crippen molar-refractivity contribution in [3.8, 4) is 17.2 Å². The molecule has 1 aromatic heterocycles. The molecule has 0 atom stereocenters. The fourth-order valence-corrected chi connectivity index (χ4v) is 5.89. The fourth-order valence-electron chi connectivity index (χ4n) is 3.59. The third kappa shape index (κ3) is 4.94. The van der Waals surface area contributed by atoms with Gasteiger partial charge in [-0.3, -0.25) is 0 Å². The Labute approximate surface area is 186 Å². The standard InChI is InChI=1S/C22H25N3O4S2/c1-16-9-10-20(28-2)18(13-16)15-30-22-24-23-21(29-22)17-7-6-8-19(14-17)31(26,27)25-11-4-3-5-12-25/h6-10,13-14H,3-5,11-12,15H2,1-2H3. The summed E-state index contributed by atoms with van der Waals surface area (Å²) in [6.45, 7) is 3.16. The highest BCUT2D eigenvalue weighted by Gasteiger charge is 2.26. The Morgan fingerprint density at radius 3 is 2.68 bits per heavy atom. The molecule has 1 aliphatic heterocycles. The lowest BCUT2D eigenvalue weighted by molar-refractivity contribution is 0.346. The second kappa shape index (κ2) is 9.42. The summed E-state index contributed by atoms with van der Waals surface area (Å²) in [5.74, 6) is 1.73. The van der Waals surface area contributed by atoms with Crippen LogP contribution in [0.15, 0.2) is 57.0 Å². The van der Waals surface area contributed by atoms with Crippen molar-refractivity contribution >= 4 is 21.8 Å². The van der Waals surface area contributed by atoms with Crippen molar-refractivity contribution in [3.05, 3.63) is 53.6 Å². The number of benzene rings is 2. The number of piperidine rings is 1. The van der Waals surface area contributed by atoms with Crippen molar-refractivity contribution in [2.24, 2.45) is 0 Å². The quantitative estimate of drug-likeness (QED) is 0.480. The number of sulfonamides is 1. The van der Waals surface area contributed by atoms with Crippen LogP contribution in [0, 0.1) is 6.92 Å². The van der Waals surface area contributed by atoms with Gasteiger partial charge in [0.1, 0.15) is 5.75 Å². The molecule has 1 aliphatic rings. The molecule has 0 N–H and O–H groups in total. The molecule has 4 rings (SSSR count). The number of methoxy groups -OCH3 is 1. The van der Waals surface area contributed by atoms with Crippen LogP contribution in [-0.4, -0.2) is 43.1 Å². The second-order valence-electron chi connectivity index (χ2n) is 7.47. The number of nitrogens with zero attached hydrogens (tertiary/aromatic N) is 3. The van der Waals surface area contributed by atoms with Gasteiger partial charge in [0.2, 0.25) is 15.9 Å². The first kappa shape index (κ1) is 21.9. The Morgan fingerprint density at radius 2 is 1.90 bits per heavy atom. The molecule has 0 bridgehead atoms. The Hall–Kier alpha value is -2.36. The Kier molecular flexibility index (Phi) is 6.64. The molecule has 2 aromatic carbocycles. The van der Waals surface area contributed by atoms with E-state index in [4.69, 9.17) is 9.15 Å². The number of hydrogen-bond donors (Lipinski definition) is 0. The summed E-state index contributed by atoms with van der Waals surface area (Å²) in [5.41, 5.74) is 2.78. The van der Waals surface area contributed by atoms with Crippen LogP contribution in [0.1, 0.15) is 30.4 Å². The number of thioether (sulfide) groups is 1. The van der Waals surface area contributed by atoms with E-state index < -0.39 is 10.0 Å². The number of aryl methyl sites for hydroxylation is 1. The van der Waals surface area contributed by atoms with Crippen LogP contribution in [0.3, 0.4) is 0 Å². The maximum atomic E-state index is 13.0. The van der Waals surface area contributed by atoms with E-state index in [1.807, 2.05) is 19.1 Å². The minimum absolute atomic E-state index is 0.254. The van der Waals surface area contributed by atoms with Crippen LogP contribution in [0.2, 0.25) is 0 Å². The van der Waals surface area contributed by atoms with Gasteiger partial charge in [-0.2, -0.15) is 4.31 Å². The molecule has 2 heterocycles. The number of hydrogen-bond acceptors (Lipinski definition) is 7. The zero-order valence-corrected chi connectivity index (χ0v) is 19.2. The Bertz CT molecular complexity index is 1160. The zero-order valence-electron chi connectivity index (χ0n) is 17.6. The lowest BCUT2D eigenvalue weighted by Gasteiger charge is -2.25. The molecule has 0 amide bonds. The molecule has 1 fully saturated rings. The molecule has 1 saturated heterocycles. The van der Waals surface area contributed by atoms with Crippen LogP contribution in [0.4, 0.5) is 0 Å². The fraction of sp³-hybridized carbons (Fsp3) is 0.364. The van der Waals surface area contributed by atoms with Crippen molar-refractivity contribution in [3.63, 3.8) is 0 Å². The molecule has 0 aliphatic carbocycles. The van der Waals surface area contributed by atoms with E-state index in [0.717, 1.165) is 36.1 Å². The summed E-state index contributed by atoms with van der Waals surface area (Å²) in [4.78, 5) is 0.254. The molecule has 0 radical (unpaired) electrons. The average Bonchev–Trinajstić information content (AvgIpc) is 3.28. The minimum Gasteiger partial charge on any atom is -0.496 e. The lowest BCUT2D eigenvalue weighted by atomic mass is 10.1. The Morgan fingerprint density at radius 1 is 1.10 bits per heavy atom. The maximum Gasteiger partial charge on any atom is 0.277 e. The number of rotatable bonds is 7. The van der Waals surface area contributed by atoms with E-state index in [1.165, 1.54) is 11.8 Å². The van der Waals surface area contributed by atoms with Crippen LogP contribution < -0.4 is 4.74 Å². The van der Waals surface area contributed by atoms with Gasteiger partial charge in [-0.25, -0.2) is 8.42 Å². The summed E-state index contributed by atoms with van der Waals surface area (Å²) in [7, 11) is -1.87. The van der Waals surface area contributed by atoms with Crippen LogP contribution >= 0.6 is 11.8 Å². The molecule has 3 aromatic rings. The van der Waals surface area contributed by atoms with E-state index in [1.54, 1.807) is 35.7 Å². The summed E-state index contributed by atoms with van der Waals surface area (Å²) in [6, 6.07) is 12.7. The third-order valence-corrected chi connectivity index (χ3v) is 7.99. The summed E-state index contributed by atoms with van der Waals surface area (Å²) >= 11 is 1.41. The van der Waals surface area contributed by atoms with Crippen LogP contribution in [0.5, 0.6) is 5.75 Å². The third-order valence-electron chi connectivity index (χ3n) is 5.23. The van der Waals surface area contributed by atoms with Crippen LogP contribution in [0.25, 0.3) is 11.5 Å². The molecule has 0 saturated carbocycles. The van der Waals surface area contributed by atoms with Gasteiger partial charge in [-0.1, -0.05) is 41.9 Å². The smallest absolute Gasteiger partial charge is 0.277 e. The summed E-state index contributed by atoms with van der Waals surface area (Å²) in [6.07, 6.45) is 2.87. The maximum absolute atomic E-state index is 13.0. The van der Waals surface area contributed by atoms with Gasteiger partial charge in [-0.15, -0.1) is 10.2 Å². The predicted molar refractivity (Wildman–Crippen MR) is 120 cm³/mol. The molecule has 31 heavy (non-hydrogen) atoms. The average molecular weight is 460 g/mol. The highest BCUT2D eigenvalue weighted by molar-refractivity contribution is 7.98. The van der Waals surface area contributed by atoms with Crippen molar-refractivity contribution in [2.75, 3.05) is 20.2 Å². The van der Waals surface area contributed by atoms with Crippen molar-refractivity contribution in [2.45, 2.75) is 42.1 Å². The molecular weight excluding hydrogens is 434 g/mol. The minimum atomic E-state index is -3.52. The van der Waals surface area contributed by atoms with E-state index in [-0.39, 0.29) is 4.90 Å².